The fourth-order valence-electron chi connectivity index (χ4n) is 2.89. The van der Waals surface area contributed by atoms with E-state index in [9.17, 15) is 4.79 Å². The van der Waals surface area contributed by atoms with Gasteiger partial charge >= 0.3 is 0 Å². The first kappa shape index (κ1) is 16.6. The lowest BCUT2D eigenvalue weighted by Gasteiger charge is -2.25. The standard InChI is InChI=1S/C17H25NO4/c1-20-15-10-13(11-16(21-2)17(15)22-3)9-14(19)12-18-7-5-4-6-8-18/h10-11H,4-9,12H2,1-3H3. The van der Waals surface area contributed by atoms with Crippen molar-refractivity contribution in [2.75, 3.05) is 41.0 Å². The van der Waals surface area contributed by atoms with E-state index in [1.54, 1.807) is 21.3 Å². The molecule has 2 rings (SSSR count). The molecule has 0 unspecified atom stereocenters. The van der Waals surface area contributed by atoms with E-state index in [2.05, 4.69) is 4.90 Å². The van der Waals surface area contributed by atoms with Crippen LogP contribution in [0.4, 0.5) is 0 Å². The quantitative estimate of drug-likeness (QED) is 0.773. The highest BCUT2D eigenvalue weighted by Gasteiger charge is 2.17. The summed E-state index contributed by atoms with van der Waals surface area (Å²) in [7, 11) is 4.73. The molecule has 1 saturated heterocycles. The largest absolute Gasteiger partial charge is 0.493 e. The van der Waals surface area contributed by atoms with E-state index >= 15 is 0 Å². The number of Topliss-reactive ketones (excluding diaryl/α,β-unsaturated/α-hetero) is 1. The van der Waals surface area contributed by atoms with E-state index in [0.717, 1.165) is 18.7 Å². The number of piperidine rings is 1. The molecule has 0 N–H and O–H groups in total. The highest BCUT2D eigenvalue weighted by Crippen LogP contribution is 2.38. The molecule has 0 aromatic heterocycles. The van der Waals surface area contributed by atoms with Crippen LogP contribution in [0, 0.1) is 0 Å². The van der Waals surface area contributed by atoms with Gasteiger partial charge in [0.05, 0.1) is 27.9 Å². The van der Waals surface area contributed by atoms with Gasteiger partial charge in [-0.1, -0.05) is 6.42 Å². The number of methoxy groups -OCH3 is 3. The lowest BCUT2D eigenvalue weighted by molar-refractivity contribution is -0.119. The van der Waals surface area contributed by atoms with Crippen LogP contribution in [0.3, 0.4) is 0 Å². The van der Waals surface area contributed by atoms with Crippen molar-refractivity contribution in [3.63, 3.8) is 0 Å². The predicted molar refractivity (Wildman–Crippen MR) is 85.1 cm³/mol. The van der Waals surface area contributed by atoms with Crippen molar-refractivity contribution in [2.24, 2.45) is 0 Å². The zero-order valence-electron chi connectivity index (χ0n) is 13.7. The monoisotopic (exact) mass is 307 g/mol. The van der Waals surface area contributed by atoms with Crippen LogP contribution in [0.25, 0.3) is 0 Å². The summed E-state index contributed by atoms with van der Waals surface area (Å²) in [5.74, 6) is 1.94. The van der Waals surface area contributed by atoms with E-state index < -0.39 is 0 Å². The summed E-state index contributed by atoms with van der Waals surface area (Å²) in [4.78, 5) is 14.5. The third-order valence-electron chi connectivity index (χ3n) is 3.97. The van der Waals surface area contributed by atoms with Gasteiger partial charge in [-0.2, -0.15) is 0 Å². The summed E-state index contributed by atoms with van der Waals surface area (Å²) < 4.78 is 15.9. The van der Waals surface area contributed by atoms with E-state index in [-0.39, 0.29) is 5.78 Å². The van der Waals surface area contributed by atoms with Gasteiger partial charge in [0.25, 0.3) is 0 Å². The lowest BCUT2D eigenvalue weighted by Crippen LogP contribution is -2.35. The summed E-state index contributed by atoms with van der Waals surface area (Å²) in [6, 6.07) is 3.69. The molecule has 0 bridgehead atoms. The molecule has 0 spiro atoms. The summed E-state index contributed by atoms with van der Waals surface area (Å²) in [5.41, 5.74) is 0.886. The topological polar surface area (TPSA) is 48.0 Å². The normalized spacial score (nSPS) is 15.4. The van der Waals surface area contributed by atoms with Crippen molar-refractivity contribution in [1.29, 1.82) is 0 Å². The Morgan fingerprint density at radius 2 is 1.59 bits per heavy atom. The molecule has 1 aliphatic heterocycles. The Labute approximate surface area is 132 Å². The molecule has 0 atom stereocenters. The second kappa shape index (κ2) is 8.03. The molecule has 122 valence electrons. The van der Waals surface area contributed by atoms with Crippen LogP contribution in [0.2, 0.25) is 0 Å². The smallest absolute Gasteiger partial charge is 0.203 e. The summed E-state index contributed by atoms with van der Waals surface area (Å²) in [6.07, 6.45) is 4.04. The van der Waals surface area contributed by atoms with Crippen molar-refractivity contribution in [1.82, 2.24) is 4.90 Å². The zero-order valence-corrected chi connectivity index (χ0v) is 13.7. The zero-order chi connectivity index (χ0) is 15.9. The van der Waals surface area contributed by atoms with Crippen molar-refractivity contribution in [3.05, 3.63) is 17.7 Å². The van der Waals surface area contributed by atoms with Gasteiger partial charge in [0.1, 0.15) is 0 Å². The molecular weight excluding hydrogens is 282 g/mol. The Kier molecular flexibility index (Phi) is 6.07. The van der Waals surface area contributed by atoms with Crippen molar-refractivity contribution in [2.45, 2.75) is 25.7 Å². The number of ether oxygens (including phenoxy) is 3. The van der Waals surface area contributed by atoms with Crippen LogP contribution in [0.1, 0.15) is 24.8 Å². The summed E-state index contributed by atoms with van der Waals surface area (Å²) in [6.45, 7) is 2.58. The van der Waals surface area contributed by atoms with Gasteiger partial charge in [-0.25, -0.2) is 0 Å². The van der Waals surface area contributed by atoms with Crippen LogP contribution in [-0.2, 0) is 11.2 Å². The number of rotatable bonds is 7. The van der Waals surface area contributed by atoms with Crippen LogP contribution < -0.4 is 14.2 Å². The molecule has 1 fully saturated rings. The molecule has 0 amide bonds. The van der Waals surface area contributed by atoms with E-state index in [1.807, 2.05) is 12.1 Å². The van der Waals surface area contributed by atoms with Crippen LogP contribution >= 0.6 is 0 Å². The van der Waals surface area contributed by atoms with Gasteiger partial charge in [-0.3, -0.25) is 9.69 Å². The van der Waals surface area contributed by atoms with Crippen LogP contribution in [0.15, 0.2) is 12.1 Å². The average molecular weight is 307 g/mol. The van der Waals surface area contributed by atoms with E-state index in [0.29, 0.717) is 30.2 Å². The molecule has 1 aliphatic rings. The second-order valence-electron chi connectivity index (χ2n) is 5.59. The van der Waals surface area contributed by atoms with Gasteiger partial charge in [0, 0.05) is 6.42 Å². The highest BCUT2D eigenvalue weighted by atomic mass is 16.5. The van der Waals surface area contributed by atoms with Crippen molar-refractivity contribution >= 4 is 5.78 Å². The maximum Gasteiger partial charge on any atom is 0.203 e. The van der Waals surface area contributed by atoms with E-state index in [1.165, 1.54) is 19.3 Å². The Morgan fingerprint density at radius 1 is 1.00 bits per heavy atom. The first-order valence-electron chi connectivity index (χ1n) is 7.71. The van der Waals surface area contributed by atoms with Gasteiger partial charge in [-0.15, -0.1) is 0 Å². The highest BCUT2D eigenvalue weighted by molar-refractivity contribution is 5.83. The molecule has 1 heterocycles. The van der Waals surface area contributed by atoms with Gasteiger partial charge in [0.2, 0.25) is 5.75 Å². The maximum absolute atomic E-state index is 12.3. The van der Waals surface area contributed by atoms with Gasteiger partial charge in [-0.05, 0) is 43.6 Å². The number of carbonyl (C=O) groups is 1. The minimum atomic E-state index is 0.219. The van der Waals surface area contributed by atoms with Crippen molar-refractivity contribution in [3.8, 4) is 17.2 Å². The Bertz CT molecular complexity index is 484. The maximum atomic E-state index is 12.3. The van der Waals surface area contributed by atoms with Crippen LogP contribution in [0.5, 0.6) is 17.2 Å². The fourth-order valence-corrected chi connectivity index (χ4v) is 2.89. The molecule has 0 aliphatic carbocycles. The number of likely N-dealkylation sites (tertiary alicyclic amines) is 1. The first-order valence-corrected chi connectivity index (χ1v) is 7.71. The Morgan fingerprint density at radius 3 is 2.09 bits per heavy atom. The molecule has 1 aromatic rings. The van der Waals surface area contributed by atoms with Gasteiger partial charge in [0.15, 0.2) is 17.3 Å². The number of nitrogens with zero attached hydrogens (tertiary/aromatic N) is 1. The third-order valence-corrected chi connectivity index (χ3v) is 3.97. The molecule has 0 saturated carbocycles. The predicted octanol–water partition coefficient (Wildman–Crippen LogP) is 2.31. The first-order chi connectivity index (χ1) is 10.7. The van der Waals surface area contributed by atoms with Gasteiger partial charge < -0.3 is 14.2 Å². The lowest BCUT2D eigenvalue weighted by atomic mass is 10.1. The van der Waals surface area contributed by atoms with E-state index in [4.69, 9.17) is 14.2 Å². The number of ketones is 1. The summed E-state index contributed by atoms with van der Waals surface area (Å²) in [5, 5.41) is 0. The molecular formula is C17H25NO4. The van der Waals surface area contributed by atoms with Crippen LogP contribution in [-0.4, -0.2) is 51.6 Å². The minimum Gasteiger partial charge on any atom is -0.493 e. The SMILES string of the molecule is COc1cc(CC(=O)CN2CCCCC2)cc(OC)c1OC. The molecule has 0 radical (unpaired) electrons. The third kappa shape index (κ3) is 4.13. The number of hydrogen-bond donors (Lipinski definition) is 0. The Balaban J connectivity index is 2.06. The average Bonchev–Trinajstić information content (AvgIpc) is 2.54. The second-order valence-corrected chi connectivity index (χ2v) is 5.59. The number of benzene rings is 1. The number of hydrogen-bond acceptors (Lipinski definition) is 5. The summed E-state index contributed by atoms with van der Waals surface area (Å²) >= 11 is 0. The molecule has 1 aromatic carbocycles. The minimum absolute atomic E-state index is 0.219. The molecule has 5 heteroatoms. The van der Waals surface area contributed by atoms with Crippen molar-refractivity contribution < 1.29 is 19.0 Å². The molecule has 5 nitrogen and oxygen atoms in total. The fraction of sp³-hybridized carbons (Fsp3) is 0.588. The number of carbonyl (C=O) groups excluding carboxylic acids is 1. The Hall–Kier alpha value is -1.75. The molecule has 22 heavy (non-hydrogen) atoms.